The van der Waals surface area contributed by atoms with E-state index in [1.165, 1.54) is 12.1 Å². The Morgan fingerprint density at radius 1 is 1.00 bits per heavy atom. The van der Waals surface area contributed by atoms with Gasteiger partial charge in [0.05, 0.1) is 17.0 Å². The van der Waals surface area contributed by atoms with Crippen molar-refractivity contribution in [3.8, 4) is 0 Å². The molecule has 1 aliphatic heterocycles. The van der Waals surface area contributed by atoms with Gasteiger partial charge in [0, 0.05) is 16.8 Å². The molecule has 158 valence electrons. The van der Waals surface area contributed by atoms with Crippen molar-refractivity contribution in [1.82, 2.24) is 0 Å². The molecule has 0 aromatic heterocycles. The van der Waals surface area contributed by atoms with Gasteiger partial charge in [0.2, 0.25) is 0 Å². The van der Waals surface area contributed by atoms with Gasteiger partial charge in [-0.25, -0.2) is 4.39 Å². The molecule has 1 amide bonds. The normalized spacial score (nSPS) is 14.8. The van der Waals surface area contributed by atoms with Gasteiger partial charge < -0.3 is 16.4 Å². The quantitative estimate of drug-likeness (QED) is 0.450. The van der Waals surface area contributed by atoms with Crippen LogP contribution in [0.3, 0.4) is 0 Å². The zero-order valence-electron chi connectivity index (χ0n) is 17.7. The SMILES string of the molecule is CCC(N)(CC)c1ccc(N/C(=C2\C(=O)Nc3cc(F)ccc32)c2ccccc2)cc1. The Bertz CT molecular complexity index is 1130. The summed E-state index contributed by atoms with van der Waals surface area (Å²) in [6, 6.07) is 22.0. The van der Waals surface area contributed by atoms with E-state index >= 15 is 0 Å². The molecule has 0 bridgehead atoms. The summed E-state index contributed by atoms with van der Waals surface area (Å²) in [5.74, 6) is -0.649. The molecule has 1 aliphatic rings. The molecule has 5 heteroatoms. The number of anilines is 2. The Morgan fingerprint density at radius 3 is 2.32 bits per heavy atom. The van der Waals surface area contributed by atoms with Crippen LogP contribution in [0.2, 0.25) is 0 Å². The second-order valence-corrected chi connectivity index (χ2v) is 7.83. The Balaban J connectivity index is 1.79. The van der Waals surface area contributed by atoms with E-state index in [1.54, 1.807) is 6.07 Å². The van der Waals surface area contributed by atoms with Crippen molar-refractivity contribution in [2.24, 2.45) is 5.73 Å². The lowest BCUT2D eigenvalue weighted by molar-refractivity contribution is -0.110. The number of nitrogens with one attached hydrogen (secondary N) is 2. The molecule has 3 aromatic carbocycles. The zero-order chi connectivity index (χ0) is 22.0. The molecule has 1 heterocycles. The highest BCUT2D eigenvalue weighted by molar-refractivity contribution is 6.37. The van der Waals surface area contributed by atoms with Crippen molar-refractivity contribution in [2.45, 2.75) is 32.2 Å². The number of carbonyl (C=O) groups is 1. The van der Waals surface area contributed by atoms with E-state index in [2.05, 4.69) is 24.5 Å². The van der Waals surface area contributed by atoms with Crippen LogP contribution in [0.25, 0.3) is 11.3 Å². The second-order valence-electron chi connectivity index (χ2n) is 7.83. The Morgan fingerprint density at radius 2 is 1.68 bits per heavy atom. The highest BCUT2D eigenvalue weighted by Gasteiger charge is 2.29. The van der Waals surface area contributed by atoms with E-state index in [0.717, 1.165) is 29.7 Å². The van der Waals surface area contributed by atoms with Gasteiger partial charge in [-0.2, -0.15) is 0 Å². The van der Waals surface area contributed by atoms with Crippen molar-refractivity contribution in [3.63, 3.8) is 0 Å². The molecule has 4 rings (SSSR count). The van der Waals surface area contributed by atoms with Gasteiger partial charge in [-0.3, -0.25) is 4.79 Å². The third kappa shape index (κ3) is 3.97. The lowest BCUT2D eigenvalue weighted by atomic mass is 9.86. The Labute approximate surface area is 182 Å². The molecule has 0 saturated heterocycles. The standard InChI is InChI=1S/C26H26FN3O/c1-3-26(28,4-2)18-10-13-20(14-11-18)29-24(17-8-6-5-7-9-17)23-21-15-12-19(27)16-22(21)30-25(23)31/h5-16,29H,3-4,28H2,1-2H3,(H,30,31)/b24-23-. The van der Waals surface area contributed by atoms with Crippen LogP contribution in [0, 0.1) is 5.82 Å². The summed E-state index contributed by atoms with van der Waals surface area (Å²) in [4.78, 5) is 12.9. The molecule has 0 unspecified atom stereocenters. The maximum atomic E-state index is 13.7. The third-order valence-corrected chi connectivity index (χ3v) is 6.03. The first kappa shape index (κ1) is 20.8. The van der Waals surface area contributed by atoms with E-state index in [9.17, 15) is 9.18 Å². The minimum absolute atomic E-state index is 0.262. The van der Waals surface area contributed by atoms with E-state index < -0.39 is 0 Å². The summed E-state index contributed by atoms with van der Waals surface area (Å²) in [5, 5.41) is 6.20. The molecule has 31 heavy (non-hydrogen) atoms. The van der Waals surface area contributed by atoms with Crippen LogP contribution in [0.15, 0.2) is 72.8 Å². The minimum Gasteiger partial charge on any atom is -0.354 e. The summed E-state index contributed by atoms with van der Waals surface area (Å²) < 4.78 is 13.7. The molecule has 0 aliphatic carbocycles. The van der Waals surface area contributed by atoms with Crippen LogP contribution in [-0.4, -0.2) is 5.91 Å². The summed E-state index contributed by atoms with van der Waals surface area (Å²) >= 11 is 0. The molecule has 0 atom stereocenters. The molecule has 4 N–H and O–H groups in total. The van der Waals surface area contributed by atoms with Crippen molar-refractivity contribution in [2.75, 3.05) is 10.6 Å². The summed E-state index contributed by atoms with van der Waals surface area (Å²) in [7, 11) is 0. The predicted octanol–water partition coefficient (Wildman–Crippen LogP) is 5.73. The highest BCUT2D eigenvalue weighted by atomic mass is 19.1. The summed E-state index contributed by atoms with van der Waals surface area (Å²) in [5.41, 5.74) is 11.3. The molecular weight excluding hydrogens is 389 g/mol. The van der Waals surface area contributed by atoms with E-state index in [4.69, 9.17) is 5.73 Å². The van der Waals surface area contributed by atoms with E-state index in [-0.39, 0.29) is 17.3 Å². The number of carbonyl (C=O) groups excluding carboxylic acids is 1. The molecular formula is C26H26FN3O. The summed E-state index contributed by atoms with van der Waals surface area (Å²) in [6.45, 7) is 4.18. The van der Waals surface area contributed by atoms with Crippen LogP contribution < -0.4 is 16.4 Å². The van der Waals surface area contributed by atoms with Gasteiger partial charge in [-0.1, -0.05) is 56.3 Å². The van der Waals surface area contributed by atoms with Crippen LogP contribution in [0.5, 0.6) is 0 Å². The van der Waals surface area contributed by atoms with Crippen LogP contribution in [-0.2, 0) is 10.3 Å². The van der Waals surface area contributed by atoms with Crippen molar-refractivity contribution in [1.29, 1.82) is 0 Å². The molecule has 0 spiro atoms. The maximum absolute atomic E-state index is 13.7. The average molecular weight is 416 g/mol. The fraction of sp³-hybridized carbons (Fsp3) is 0.192. The lowest BCUT2D eigenvalue weighted by Gasteiger charge is -2.27. The number of fused-ring (bicyclic) bond motifs is 1. The fourth-order valence-electron chi connectivity index (χ4n) is 3.97. The van der Waals surface area contributed by atoms with Crippen LogP contribution in [0.4, 0.5) is 15.8 Å². The predicted molar refractivity (Wildman–Crippen MR) is 125 cm³/mol. The molecule has 0 saturated carbocycles. The Hall–Kier alpha value is -3.44. The molecule has 0 radical (unpaired) electrons. The highest BCUT2D eigenvalue weighted by Crippen LogP contribution is 2.38. The first-order chi connectivity index (χ1) is 14.9. The molecule has 0 fully saturated rings. The average Bonchev–Trinajstić information content (AvgIpc) is 3.12. The van der Waals surface area contributed by atoms with Gasteiger partial charge in [-0.05, 0) is 54.3 Å². The van der Waals surface area contributed by atoms with Crippen molar-refractivity contribution in [3.05, 3.63) is 95.3 Å². The topological polar surface area (TPSA) is 67.1 Å². The van der Waals surface area contributed by atoms with E-state index in [1.807, 2.05) is 54.6 Å². The molecule has 3 aromatic rings. The lowest BCUT2D eigenvalue weighted by Crippen LogP contribution is -2.34. The van der Waals surface area contributed by atoms with Crippen LogP contribution in [0.1, 0.15) is 43.4 Å². The first-order valence-corrected chi connectivity index (χ1v) is 10.5. The van der Waals surface area contributed by atoms with Gasteiger partial charge in [-0.15, -0.1) is 0 Å². The van der Waals surface area contributed by atoms with Crippen molar-refractivity contribution < 1.29 is 9.18 Å². The first-order valence-electron chi connectivity index (χ1n) is 10.5. The second kappa shape index (κ2) is 8.36. The number of nitrogens with two attached hydrogens (primary N) is 1. The number of hydrogen-bond donors (Lipinski definition) is 3. The minimum atomic E-state index is -0.387. The van der Waals surface area contributed by atoms with Crippen LogP contribution >= 0.6 is 0 Å². The van der Waals surface area contributed by atoms with E-state index in [0.29, 0.717) is 22.5 Å². The number of amides is 1. The largest absolute Gasteiger partial charge is 0.354 e. The maximum Gasteiger partial charge on any atom is 0.258 e. The smallest absolute Gasteiger partial charge is 0.258 e. The Kier molecular flexibility index (Phi) is 5.61. The number of rotatable bonds is 6. The van der Waals surface area contributed by atoms with Crippen molar-refractivity contribution >= 4 is 28.6 Å². The van der Waals surface area contributed by atoms with Gasteiger partial charge in [0.25, 0.3) is 5.91 Å². The number of halogens is 1. The third-order valence-electron chi connectivity index (χ3n) is 6.03. The monoisotopic (exact) mass is 415 g/mol. The zero-order valence-corrected chi connectivity index (χ0v) is 17.7. The van der Waals surface area contributed by atoms with Gasteiger partial charge in [0.1, 0.15) is 5.82 Å². The van der Waals surface area contributed by atoms with Gasteiger partial charge >= 0.3 is 0 Å². The number of hydrogen-bond acceptors (Lipinski definition) is 3. The number of benzene rings is 3. The summed E-state index contributed by atoms with van der Waals surface area (Å²) in [6.07, 6.45) is 1.70. The molecule has 4 nitrogen and oxygen atoms in total. The fourth-order valence-corrected chi connectivity index (χ4v) is 3.97. The van der Waals surface area contributed by atoms with Gasteiger partial charge in [0.15, 0.2) is 0 Å².